The first-order valence-corrected chi connectivity index (χ1v) is 4.76. The maximum Gasteiger partial charge on any atom is 0.249 e. The zero-order chi connectivity index (χ0) is 10.6. The number of likely N-dealkylation sites (tertiary alicyclic amines) is 1. The Morgan fingerprint density at radius 2 is 1.93 bits per heavy atom. The molecule has 2 fully saturated rings. The molecule has 1 atom stereocenters. The fourth-order valence-corrected chi connectivity index (χ4v) is 2.48. The molecule has 0 aromatic heterocycles. The molecule has 1 aliphatic carbocycles. The lowest BCUT2D eigenvalue weighted by Gasteiger charge is -2.58. The van der Waals surface area contributed by atoms with Crippen LogP contribution in [0.3, 0.4) is 0 Å². The molecule has 0 bridgehead atoms. The van der Waals surface area contributed by atoms with E-state index in [4.69, 9.17) is 5.73 Å². The average molecular weight is 204 g/mol. The van der Waals surface area contributed by atoms with E-state index in [2.05, 4.69) is 0 Å². The highest BCUT2D eigenvalue weighted by molar-refractivity contribution is 5.82. The Labute approximate surface area is 81.2 Å². The van der Waals surface area contributed by atoms with Gasteiger partial charge in [0, 0.05) is 31.3 Å². The van der Waals surface area contributed by atoms with Gasteiger partial charge in [0.15, 0.2) is 0 Å². The second-order valence-electron chi connectivity index (χ2n) is 4.69. The molecule has 2 N–H and O–H groups in total. The van der Waals surface area contributed by atoms with Crippen LogP contribution in [-0.2, 0) is 4.79 Å². The summed E-state index contributed by atoms with van der Waals surface area (Å²) in [4.78, 5) is 12.9. The number of carbonyl (C=O) groups excluding carboxylic acids is 1. The zero-order valence-electron chi connectivity index (χ0n) is 8.09. The zero-order valence-corrected chi connectivity index (χ0v) is 8.09. The Morgan fingerprint density at radius 1 is 1.43 bits per heavy atom. The number of halogens is 2. The van der Waals surface area contributed by atoms with E-state index in [1.54, 1.807) is 11.8 Å². The normalized spacial score (nSPS) is 29.3. The molecule has 1 heterocycles. The van der Waals surface area contributed by atoms with Gasteiger partial charge < -0.3 is 10.6 Å². The largest absolute Gasteiger partial charge is 0.340 e. The second kappa shape index (κ2) is 2.66. The minimum Gasteiger partial charge on any atom is -0.340 e. The fourth-order valence-electron chi connectivity index (χ4n) is 2.48. The highest BCUT2D eigenvalue weighted by Crippen LogP contribution is 2.56. The summed E-state index contributed by atoms with van der Waals surface area (Å²) >= 11 is 0. The Morgan fingerprint density at radius 3 is 2.29 bits per heavy atom. The highest BCUT2D eigenvalue weighted by atomic mass is 19.3. The van der Waals surface area contributed by atoms with E-state index < -0.39 is 12.0 Å². The summed E-state index contributed by atoms with van der Waals surface area (Å²) in [5.41, 5.74) is 5.12. The molecule has 0 radical (unpaired) electrons. The van der Waals surface area contributed by atoms with Crippen LogP contribution >= 0.6 is 0 Å². The number of amides is 1. The van der Waals surface area contributed by atoms with E-state index in [1.165, 1.54) is 0 Å². The third-order valence-electron chi connectivity index (χ3n) is 3.02. The van der Waals surface area contributed by atoms with Crippen molar-refractivity contribution in [2.75, 3.05) is 13.1 Å². The van der Waals surface area contributed by atoms with Crippen molar-refractivity contribution in [1.82, 2.24) is 4.90 Å². The Balaban J connectivity index is 1.84. The molecule has 2 rings (SSSR count). The third kappa shape index (κ3) is 1.39. The van der Waals surface area contributed by atoms with E-state index >= 15 is 0 Å². The number of nitrogens with two attached hydrogens (primary N) is 1. The van der Waals surface area contributed by atoms with Crippen molar-refractivity contribution in [3.8, 4) is 0 Å². The SMILES string of the molecule is CC(N)C(=O)N1CC2(C1)CC(F)(F)C2. The maximum atomic E-state index is 12.6. The molecule has 1 aliphatic heterocycles. The Kier molecular flexibility index (Phi) is 1.86. The second-order valence-corrected chi connectivity index (χ2v) is 4.69. The van der Waals surface area contributed by atoms with Gasteiger partial charge in [-0.3, -0.25) is 4.79 Å². The molecule has 80 valence electrons. The standard InChI is InChI=1S/C9H14F2N2O/c1-6(12)7(14)13-4-8(5-13)2-9(10,11)3-8/h6H,2-5,12H2,1H3. The van der Waals surface area contributed by atoms with E-state index in [0.29, 0.717) is 13.1 Å². The van der Waals surface area contributed by atoms with Crippen molar-refractivity contribution in [2.45, 2.75) is 31.7 Å². The molecule has 2 aliphatic rings. The van der Waals surface area contributed by atoms with Gasteiger partial charge in [0.1, 0.15) is 0 Å². The van der Waals surface area contributed by atoms with Crippen molar-refractivity contribution >= 4 is 5.91 Å². The van der Waals surface area contributed by atoms with Gasteiger partial charge in [0.25, 0.3) is 0 Å². The summed E-state index contributed by atoms with van der Waals surface area (Å²) in [7, 11) is 0. The molecule has 1 amide bonds. The van der Waals surface area contributed by atoms with Crippen molar-refractivity contribution in [1.29, 1.82) is 0 Å². The molecule has 0 aromatic carbocycles. The first-order chi connectivity index (χ1) is 6.34. The minimum atomic E-state index is -2.50. The summed E-state index contributed by atoms with van der Waals surface area (Å²) in [5, 5.41) is 0. The summed E-state index contributed by atoms with van der Waals surface area (Å²) in [6, 6.07) is -0.520. The van der Waals surface area contributed by atoms with Gasteiger partial charge in [-0.15, -0.1) is 0 Å². The first kappa shape index (κ1) is 9.83. The van der Waals surface area contributed by atoms with Crippen LogP contribution in [0.1, 0.15) is 19.8 Å². The summed E-state index contributed by atoms with van der Waals surface area (Å²) in [6.07, 6.45) is -0.133. The number of hydrogen-bond acceptors (Lipinski definition) is 2. The van der Waals surface area contributed by atoms with Crippen LogP contribution in [0.15, 0.2) is 0 Å². The average Bonchev–Trinajstić information content (AvgIpc) is 1.93. The molecule has 1 spiro atoms. The van der Waals surface area contributed by atoms with Gasteiger partial charge in [-0.05, 0) is 6.92 Å². The predicted molar refractivity (Wildman–Crippen MR) is 46.8 cm³/mol. The lowest BCUT2D eigenvalue weighted by atomic mass is 9.61. The number of carbonyl (C=O) groups is 1. The summed E-state index contributed by atoms with van der Waals surface area (Å²) < 4.78 is 25.2. The van der Waals surface area contributed by atoms with Crippen molar-refractivity contribution in [2.24, 2.45) is 11.1 Å². The van der Waals surface area contributed by atoms with E-state index in [9.17, 15) is 13.6 Å². The quantitative estimate of drug-likeness (QED) is 0.679. The van der Waals surface area contributed by atoms with Crippen molar-refractivity contribution in [3.05, 3.63) is 0 Å². The molecule has 14 heavy (non-hydrogen) atoms. The van der Waals surface area contributed by atoms with Gasteiger partial charge in [-0.1, -0.05) is 0 Å². The highest BCUT2D eigenvalue weighted by Gasteiger charge is 2.62. The monoisotopic (exact) mass is 204 g/mol. The summed E-state index contributed by atoms with van der Waals surface area (Å²) in [6.45, 7) is 2.54. The first-order valence-electron chi connectivity index (χ1n) is 4.76. The molecule has 1 saturated heterocycles. The van der Waals surface area contributed by atoms with Crippen LogP contribution in [0.5, 0.6) is 0 Å². The fraction of sp³-hybridized carbons (Fsp3) is 0.889. The van der Waals surface area contributed by atoms with E-state index in [-0.39, 0.29) is 24.2 Å². The smallest absolute Gasteiger partial charge is 0.249 e. The van der Waals surface area contributed by atoms with Gasteiger partial charge in [0.2, 0.25) is 11.8 Å². The predicted octanol–water partition coefficient (Wildman–Crippen LogP) is 0.591. The minimum absolute atomic E-state index is 0.0667. The number of alkyl halides is 2. The molecule has 1 saturated carbocycles. The van der Waals surface area contributed by atoms with Crippen LogP contribution in [-0.4, -0.2) is 35.9 Å². The van der Waals surface area contributed by atoms with Gasteiger partial charge in [0.05, 0.1) is 6.04 Å². The summed E-state index contributed by atoms with van der Waals surface area (Å²) in [5.74, 6) is -2.63. The molecule has 5 heteroatoms. The van der Waals surface area contributed by atoms with E-state index in [1.807, 2.05) is 0 Å². The van der Waals surface area contributed by atoms with Gasteiger partial charge in [-0.25, -0.2) is 8.78 Å². The van der Waals surface area contributed by atoms with Crippen LogP contribution in [0.4, 0.5) is 8.78 Å². The molecular formula is C9H14F2N2O. The number of nitrogens with zero attached hydrogens (tertiary/aromatic N) is 1. The third-order valence-corrected chi connectivity index (χ3v) is 3.02. The van der Waals surface area contributed by atoms with Crippen LogP contribution < -0.4 is 5.73 Å². The van der Waals surface area contributed by atoms with Gasteiger partial charge >= 0.3 is 0 Å². The van der Waals surface area contributed by atoms with Crippen molar-refractivity contribution in [3.63, 3.8) is 0 Å². The Bertz CT molecular complexity index is 262. The van der Waals surface area contributed by atoms with Crippen LogP contribution in [0, 0.1) is 5.41 Å². The Hall–Kier alpha value is -0.710. The lowest BCUT2D eigenvalue weighted by molar-refractivity contribution is -0.215. The molecule has 3 nitrogen and oxygen atoms in total. The molecular weight excluding hydrogens is 190 g/mol. The molecule has 1 unspecified atom stereocenters. The number of hydrogen-bond donors (Lipinski definition) is 1. The van der Waals surface area contributed by atoms with Crippen LogP contribution in [0.25, 0.3) is 0 Å². The molecule has 0 aromatic rings. The van der Waals surface area contributed by atoms with Crippen LogP contribution in [0.2, 0.25) is 0 Å². The lowest BCUT2D eigenvalue weighted by Crippen LogP contribution is -2.68. The van der Waals surface area contributed by atoms with Gasteiger partial charge in [-0.2, -0.15) is 0 Å². The van der Waals surface area contributed by atoms with E-state index in [0.717, 1.165) is 0 Å². The van der Waals surface area contributed by atoms with Crippen molar-refractivity contribution < 1.29 is 13.6 Å². The number of rotatable bonds is 1. The topological polar surface area (TPSA) is 46.3 Å². The maximum absolute atomic E-state index is 12.6.